The zero-order valence-electron chi connectivity index (χ0n) is 18.0. The Bertz CT molecular complexity index is 944. The number of carbonyl (C=O) groups excluding carboxylic acids is 1. The van der Waals surface area contributed by atoms with Gasteiger partial charge in [0.15, 0.2) is 0 Å². The summed E-state index contributed by atoms with van der Waals surface area (Å²) in [5, 5.41) is 12.1. The fourth-order valence-electron chi connectivity index (χ4n) is 5.29. The van der Waals surface area contributed by atoms with Crippen LogP contribution in [0.1, 0.15) is 69.2 Å². The molecule has 0 aromatic carbocycles. The number of nitrogens with one attached hydrogen (secondary N) is 1. The highest BCUT2D eigenvalue weighted by molar-refractivity contribution is 7.14. The van der Waals surface area contributed by atoms with Crippen LogP contribution in [0.25, 0.3) is 0 Å². The van der Waals surface area contributed by atoms with E-state index in [1.165, 1.54) is 33.9 Å². The summed E-state index contributed by atoms with van der Waals surface area (Å²) < 4.78 is 0. The van der Waals surface area contributed by atoms with E-state index in [9.17, 15) is 9.59 Å². The van der Waals surface area contributed by atoms with E-state index >= 15 is 0 Å². The number of thiophene rings is 2. The summed E-state index contributed by atoms with van der Waals surface area (Å²) in [4.78, 5) is 28.3. The van der Waals surface area contributed by atoms with Gasteiger partial charge in [-0.05, 0) is 87.5 Å². The first-order valence-electron chi connectivity index (χ1n) is 11.3. The molecule has 1 amide bonds. The molecular weight excluding hydrogens is 426 g/mol. The molecule has 0 spiro atoms. The average Bonchev–Trinajstić information content (AvgIpc) is 3.51. The molecule has 4 atom stereocenters. The molecule has 0 radical (unpaired) electrons. The number of unbranched alkanes of at least 4 members (excludes halogenated alkanes) is 1. The monoisotopic (exact) mass is 457 g/mol. The number of carboxylic acids is 1. The Morgan fingerprint density at radius 2 is 1.87 bits per heavy atom. The molecule has 2 saturated carbocycles. The van der Waals surface area contributed by atoms with Crippen LogP contribution in [0.4, 0.5) is 0 Å². The number of hydrogen-bond acceptors (Lipinski definition) is 4. The first-order valence-corrected chi connectivity index (χ1v) is 12.9. The van der Waals surface area contributed by atoms with Crippen LogP contribution in [0.15, 0.2) is 36.4 Å². The lowest BCUT2D eigenvalue weighted by Gasteiger charge is -2.31. The number of carbonyl (C=O) groups is 2. The van der Waals surface area contributed by atoms with Gasteiger partial charge in [0.05, 0.1) is 4.88 Å². The van der Waals surface area contributed by atoms with Crippen molar-refractivity contribution in [2.75, 3.05) is 0 Å². The predicted octanol–water partition coefficient (Wildman–Crippen LogP) is 6.05. The third kappa shape index (κ3) is 5.66. The average molecular weight is 458 g/mol. The minimum atomic E-state index is -0.730. The van der Waals surface area contributed by atoms with Gasteiger partial charge in [-0.3, -0.25) is 9.59 Å². The molecule has 166 valence electrons. The van der Waals surface area contributed by atoms with Gasteiger partial charge in [-0.15, -0.1) is 22.7 Å². The standard InChI is InChI=1S/C25H31NO3S2/c1-16-8-11-19(30-16)15-20-12-13-22(31-20)25(29)26-24-18-10-9-17(14-18)21(24)6-4-2-3-5-7-23(27)28/h2,4,8,11-13,17-18,21,24H,3,5-7,9-10,14-15H2,1H3,(H,26,29)(H,27,28)/b4-2+. The molecule has 2 aromatic heterocycles. The second kappa shape index (κ2) is 10.1. The van der Waals surface area contributed by atoms with Gasteiger partial charge in [-0.1, -0.05) is 12.2 Å². The molecule has 0 aliphatic heterocycles. The smallest absolute Gasteiger partial charge is 0.303 e. The summed E-state index contributed by atoms with van der Waals surface area (Å²) in [6, 6.07) is 8.65. The molecule has 2 aromatic rings. The van der Waals surface area contributed by atoms with Crippen LogP contribution in [0, 0.1) is 24.7 Å². The molecule has 31 heavy (non-hydrogen) atoms. The minimum Gasteiger partial charge on any atom is -0.481 e. The Morgan fingerprint density at radius 3 is 2.65 bits per heavy atom. The molecule has 4 rings (SSSR count). The van der Waals surface area contributed by atoms with E-state index in [0.29, 0.717) is 24.2 Å². The van der Waals surface area contributed by atoms with Gasteiger partial charge in [0.1, 0.15) is 0 Å². The number of rotatable bonds is 10. The fourth-order valence-corrected chi connectivity index (χ4v) is 7.22. The maximum absolute atomic E-state index is 13.0. The van der Waals surface area contributed by atoms with Crippen LogP contribution >= 0.6 is 22.7 Å². The number of aliphatic carboxylic acids is 1. The minimum absolute atomic E-state index is 0.0756. The van der Waals surface area contributed by atoms with Crippen molar-refractivity contribution in [1.82, 2.24) is 5.32 Å². The molecule has 2 aliphatic rings. The van der Waals surface area contributed by atoms with Gasteiger partial charge < -0.3 is 10.4 Å². The summed E-state index contributed by atoms with van der Waals surface area (Å²) in [5.74, 6) is 1.16. The summed E-state index contributed by atoms with van der Waals surface area (Å²) in [6.07, 6.45) is 11.7. The summed E-state index contributed by atoms with van der Waals surface area (Å²) in [5.41, 5.74) is 0. The lowest BCUT2D eigenvalue weighted by molar-refractivity contribution is -0.137. The molecule has 0 saturated heterocycles. The predicted molar refractivity (Wildman–Crippen MR) is 127 cm³/mol. The number of carboxylic acid groups (broad SMARTS) is 1. The molecular formula is C25H31NO3S2. The zero-order valence-corrected chi connectivity index (χ0v) is 19.6. The summed E-state index contributed by atoms with van der Waals surface area (Å²) >= 11 is 3.43. The Morgan fingerprint density at radius 1 is 1.10 bits per heavy atom. The highest BCUT2D eigenvalue weighted by Crippen LogP contribution is 2.50. The van der Waals surface area contributed by atoms with E-state index in [1.54, 1.807) is 11.3 Å². The van der Waals surface area contributed by atoms with Crippen molar-refractivity contribution in [1.29, 1.82) is 0 Å². The molecule has 4 unspecified atom stereocenters. The molecule has 2 aliphatic carbocycles. The zero-order chi connectivity index (χ0) is 21.8. The lowest BCUT2D eigenvalue weighted by atomic mass is 9.82. The van der Waals surface area contributed by atoms with E-state index < -0.39 is 5.97 Å². The van der Waals surface area contributed by atoms with Crippen LogP contribution in [-0.2, 0) is 11.2 Å². The van der Waals surface area contributed by atoms with Gasteiger partial charge in [-0.2, -0.15) is 0 Å². The van der Waals surface area contributed by atoms with Crippen molar-refractivity contribution in [3.63, 3.8) is 0 Å². The van der Waals surface area contributed by atoms with Crippen molar-refractivity contribution in [2.24, 2.45) is 17.8 Å². The number of amides is 1. The third-order valence-corrected chi connectivity index (χ3v) is 8.84. The van der Waals surface area contributed by atoms with E-state index in [1.807, 2.05) is 17.4 Å². The quantitative estimate of drug-likeness (QED) is 0.337. The third-order valence-electron chi connectivity index (χ3n) is 6.75. The van der Waals surface area contributed by atoms with E-state index in [-0.39, 0.29) is 18.4 Å². The molecule has 6 heteroatoms. The largest absolute Gasteiger partial charge is 0.481 e. The number of allylic oxidation sites excluding steroid dienone is 2. The SMILES string of the molecule is Cc1ccc(Cc2ccc(C(=O)NC3C4CCC(C4)C3C/C=C/CCCC(=O)O)s2)s1. The van der Waals surface area contributed by atoms with Crippen LogP contribution in [-0.4, -0.2) is 23.0 Å². The van der Waals surface area contributed by atoms with Gasteiger partial charge in [0.2, 0.25) is 0 Å². The number of aryl methyl sites for hydroxylation is 1. The molecule has 2 fully saturated rings. The topological polar surface area (TPSA) is 66.4 Å². The Hall–Kier alpha value is -1.92. The van der Waals surface area contributed by atoms with Crippen molar-refractivity contribution in [3.05, 3.63) is 55.9 Å². The Labute approximate surface area is 192 Å². The summed E-state index contributed by atoms with van der Waals surface area (Å²) in [7, 11) is 0. The fraction of sp³-hybridized carbons (Fsp3) is 0.520. The van der Waals surface area contributed by atoms with E-state index in [0.717, 1.165) is 24.1 Å². The normalized spacial score (nSPS) is 24.8. The first-order chi connectivity index (χ1) is 15.0. The molecule has 2 N–H and O–H groups in total. The van der Waals surface area contributed by atoms with E-state index in [2.05, 4.69) is 42.6 Å². The molecule has 2 bridgehead atoms. The van der Waals surface area contributed by atoms with Crippen molar-refractivity contribution < 1.29 is 14.7 Å². The Kier molecular flexibility index (Phi) is 7.28. The number of fused-ring (bicyclic) bond motifs is 2. The maximum Gasteiger partial charge on any atom is 0.303 e. The van der Waals surface area contributed by atoms with E-state index in [4.69, 9.17) is 5.11 Å². The van der Waals surface area contributed by atoms with Crippen molar-refractivity contribution in [2.45, 2.75) is 64.3 Å². The van der Waals surface area contributed by atoms with Crippen LogP contribution in [0.2, 0.25) is 0 Å². The van der Waals surface area contributed by atoms with Gasteiger partial charge in [0.25, 0.3) is 5.91 Å². The molecule has 4 nitrogen and oxygen atoms in total. The lowest BCUT2D eigenvalue weighted by Crippen LogP contribution is -2.43. The number of hydrogen-bond donors (Lipinski definition) is 2. The van der Waals surface area contributed by atoms with Gasteiger partial charge >= 0.3 is 5.97 Å². The van der Waals surface area contributed by atoms with Crippen LogP contribution in [0.3, 0.4) is 0 Å². The molecule has 2 heterocycles. The highest BCUT2D eigenvalue weighted by atomic mass is 32.1. The van der Waals surface area contributed by atoms with Crippen LogP contribution < -0.4 is 5.32 Å². The van der Waals surface area contributed by atoms with Gasteiger partial charge in [-0.25, -0.2) is 0 Å². The van der Waals surface area contributed by atoms with Gasteiger partial charge in [0, 0.05) is 33.5 Å². The van der Waals surface area contributed by atoms with Crippen molar-refractivity contribution in [3.8, 4) is 0 Å². The highest BCUT2D eigenvalue weighted by Gasteiger charge is 2.47. The second-order valence-corrected chi connectivity index (χ2v) is 11.5. The summed E-state index contributed by atoms with van der Waals surface area (Å²) in [6.45, 7) is 2.12. The first kappa shape index (κ1) is 22.3. The maximum atomic E-state index is 13.0. The van der Waals surface area contributed by atoms with Crippen LogP contribution in [0.5, 0.6) is 0 Å². The second-order valence-electron chi connectivity index (χ2n) is 8.94. The Balaban J connectivity index is 1.32. The van der Waals surface area contributed by atoms with Crippen molar-refractivity contribution >= 4 is 34.6 Å².